The van der Waals surface area contributed by atoms with E-state index in [1.807, 2.05) is 6.92 Å². The number of hydrogen-bond donors (Lipinski definition) is 0. The maximum Gasteiger partial charge on any atom is 0.328 e. The second-order valence-corrected chi connectivity index (χ2v) is 9.09. The highest BCUT2D eigenvalue weighted by Gasteiger charge is 2.57. The van der Waals surface area contributed by atoms with Crippen LogP contribution in [0.15, 0.2) is 29.2 Å². The summed E-state index contributed by atoms with van der Waals surface area (Å²) in [6.45, 7) is 1.91. The van der Waals surface area contributed by atoms with Crippen molar-refractivity contribution < 1.29 is 17.9 Å². The maximum atomic E-state index is 13.0. The molecule has 1 aromatic carbocycles. The van der Waals surface area contributed by atoms with Crippen LogP contribution in [0, 0.1) is 6.92 Å². The molecule has 0 N–H and O–H groups in total. The van der Waals surface area contributed by atoms with Gasteiger partial charge in [-0.25, -0.2) is 8.42 Å². The van der Waals surface area contributed by atoms with Crippen molar-refractivity contribution in [1.82, 2.24) is 0 Å². The van der Waals surface area contributed by atoms with Gasteiger partial charge in [-0.15, -0.1) is 0 Å². The van der Waals surface area contributed by atoms with E-state index in [1.54, 1.807) is 24.3 Å². The van der Waals surface area contributed by atoms with Gasteiger partial charge in [-0.05, 0) is 64.0 Å². The van der Waals surface area contributed by atoms with Crippen LogP contribution in [0.3, 0.4) is 0 Å². The van der Waals surface area contributed by atoms with Gasteiger partial charge in [-0.1, -0.05) is 24.1 Å². The van der Waals surface area contributed by atoms with Crippen LogP contribution in [0.25, 0.3) is 0 Å². The van der Waals surface area contributed by atoms with E-state index in [1.165, 1.54) is 6.42 Å². The molecule has 2 fully saturated rings. The van der Waals surface area contributed by atoms with Crippen LogP contribution < -0.4 is 0 Å². The molecule has 3 rings (SSSR count). The lowest BCUT2D eigenvalue weighted by Crippen LogP contribution is -2.53. The van der Waals surface area contributed by atoms with Gasteiger partial charge in [0, 0.05) is 0 Å². The van der Waals surface area contributed by atoms with Gasteiger partial charge in [0.15, 0.2) is 14.6 Å². The Morgan fingerprint density at radius 1 is 1.04 bits per heavy atom. The average molecular weight is 336 g/mol. The molecular weight excluding hydrogens is 312 g/mol. The number of carbonyl (C=O) groups is 1. The second kappa shape index (κ2) is 6.27. The minimum atomic E-state index is -3.71. The minimum Gasteiger partial charge on any atom is -0.461 e. The first kappa shape index (κ1) is 16.5. The summed E-state index contributed by atoms with van der Waals surface area (Å²) in [6.07, 6.45) is 6.36. The Hall–Kier alpha value is -1.36. The summed E-state index contributed by atoms with van der Waals surface area (Å²) >= 11 is 0. The Morgan fingerprint density at radius 3 is 2.17 bits per heavy atom. The van der Waals surface area contributed by atoms with Gasteiger partial charge >= 0.3 is 5.97 Å². The van der Waals surface area contributed by atoms with Crippen LogP contribution in [-0.4, -0.2) is 25.2 Å². The largest absolute Gasteiger partial charge is 0.461 e. The lowest BCUT2D eigenvalue weighted by Gasteiger charge is -2.39. The molecule has 4 nitrogen and oxygen atoms in total. The maximum absolute atomic E-state index is 13.0. The van der Waals surface area contributed by atoms with Crippen molar-refractivity contribution in [3.05, 3.63) is 29.8 Å². The molecule has 2 saturated carbocycles. The third-order valence-corrected chi connectivity index (χ3v) is 7.70. The lowest BCUT2D eigenvalue weighted by molar-refractivity contribution is -0.156. The van der Waals surface area contributed by atoms with E-state index < -0.39 is 20.6 Å². The number of esters is 1. The molecule has 0 atom stereocenters. The van der Waals surface area contributed by atoms with E-state index in [0.29, 0.717) is 12.8 Å². The SMILES string of the molecule is Cc1ccc(S(=O)(=O)C2(C(=O)OC3CCCCC3)CCC2)cc1. The fourth-order valence-electron chi connectivity index (χ4n) is 3.47. The van der Waals surface area contributed by atoms with Gasteiger partial charge in [0.1, 0.15) is 6.10 Å². The summed E-state index contributed by atoms with van der Waals surface area (Å²) < 4.78 is 30.3. The number of ether oxygens (including phenoxy) is 1. The highest BCUT2D eigenvalue weighted by molar-refractivity contribution is 7.93. The van der Waals surface area contributed by atoms with E-state index in [0.717, 1.165) is 37.7 Å². The van der Waals surface area contributed by atoms with Crippen molar-refractivity contribution in [1.29, 1.82) is 0 Å². The predicted octanol–water partition coefficient (Wildman–Crippen LogP) is 3.57. The second-order valence-electron chi connectivity index (χ2n) is 6.83. The number of hydrogen-bond acceptors (Lipinski definition) is 4. The molecule has 5 heteroatoms. The molecule has 0 amide bonds. The molecule has 2 aliphatic carbocycles. The molecule has 0 saturated heterocycles. The van der Waals surface area contributed by atoms with E-state index in [2.05, 4.69) is 0 Å². The third kappa shape index (κ3) is 2.91. The van der Waals surface area contributed by atoms with Crippen LogP contribution in [0.5, 0.6) is 0 Å². The van der Waals surface area contributed by atoms with Gasteiger partial charge in [0.2, 0.25) is 0 Å². The highest BCUT2D eigenvalue weighted by atomic mass is 32.2. The van der Waals surface area contributed by atoms with Crippen molar-refractivity contribution in [3.63, 3.8) is 0 Å². The van der Waals surface area contributed by atoms with Crippen LogP contribution in [0.4, 0.5) is 0 Å². The Bertz CT molecular complexity index is 665. The molecule has 0 aromatic heterocycles. The zero-order chi connectivity index (χ0) is 16.5. The summed E-state index contributed by atoms with van der Waals surface area (Å²) in [7, 11) is -3.71. The molecular formula is C18H24O4S. The van der Waals surface area contributed by atoms with Gasteiger partial charge in [0.05, 0.1) is 4.90 Å². The Labute approximate surface area is 138 Å². The van der Waals surface area contributed by atoms with Gasteiger partial charge in [-0.3, -0.25) is 4.79 Å². The fraction of sp³-hybridized carbons (Fsp3) is 0.611. The monoisotopic (exact) mass is 336 g/mol. The Balaban J connectivity index is 1.84. The van der Waals surface area contributed by atoms with Crippen molar-refractivity contribution >= 4 is 15.8 Å². The van der Waals surface area contributed by atoms with Crippen LogP contribution >= 0.6 is 0 Å². The quantitative estimate of drug-likeness (QED) is 0.789. The van der Waals surface area contributed by atoms with Gasteiger partial charge in [0.25, 0.3) is 0 Å². The first-order chi connectivity index (χ1) is 11.0. The van der Waals surface area contributed by atoms with Crippen molar-refractivity contribution in [3.8, 4) is 0 Å². The summed E-state index contributed by atoms with van der Waals surface area (Å²) in [4.78, 5) is 12.9. The van der Waals surface area contributed by atoms with Crippen molar-refractivity contribution in [2.45, 2.75) is 74.0 Å². The van der Waals surface area contributed by atoms with Gasteiger partial charge < -0.3 is 4.74 Å². The Kier molecular flexibility index (Phi) is 4.50. The molecule has 0 radical (unpaired) electrons. The van der Waals surface area contributed by atoms with Crippen LogP contribution in [0.2, 0.25) is 0 Å². The molecule has 0 heterocycles. The zero-order valence-corrected chi connectivity index (χ0v) is 14.4. The standard InChI is InChI=1S/C18H24O4S/c1-14-8-10-16(11-9-14)23(20,21)18(12-5-13-18)17(19)22-15-6-3-2-4-7-15/h8-11,15H,2-7,12-13H2,1H3. The van der Waals surface area contributed by atoms with E-state index in [-0.39, 0.29) is 11.0 Å². The topological polar surface area (TPSA) is 60.4 Å². The van der Waals surface area contributed by atoms with Crippen molar-refractivity contribution in [2.75, 3.05) is 0 Å². The molecule has 0 spiro atoms. The molecule has 0 bridgehead atoms. The highest BCUT2D eigenvalue weighted by Crippen LogP contribution is 2.44. The van der Waals surface area contributed by atoms with E-state index in [4.69, 9.17) is 4.74 Å². The lowest BCUT2D eigenvalue weighted by atomic mass is 9.84. The van der Waals surface area contributed by atoms with Crippen LogP contribution in [0.1, 0.15) is 56.9 Å². The molecule has 1 aromatic rings. The molecule has 23 heavy (non-hydrogen) atoms. The predicted molar refractivity (Wildman–Crippen MR) is 87.9 cm³/mol. The van der Waals surface area contributed by atoms with Gasteiger partial charge in [-0.2, -0.15) is 0 Å². The number of aryl methyl sites for hydroxylation is 1. The average Bonchev–Trinajstić information content (AvgIpc) is 2.47. The van der Waals surface area contributed by atoms with Crippen LogP contribution in [-0.2, 0) is 19.4 Å². The summed E-state index contributed by atoms with van der Waals surface area (Å²) in [5, 5.41) is 0. The number of benzene rings is 1. The molecule has 0 aliphatic heterocycles. The van der Waals surface area contributed by atoms with E-state index >= 15 is 0 Å². The number of sulfone groups is 1. The summed E-state index contributed by atoms with van der Waals surface area (Å²) in [6, 6.07) is 6.73. The van der Waals surface area contributed by atoms with Crippen molar-refractivity contribution in [2.24, 2.45) is 0 Å². The normalized spacial score (nSPS) is 21.4. The molecule has 0 unspecified atom stereocenters. The third-order valence-electron chi connectivity index (χ3n) is 5.20. The fourth-order valence-corrected chi connectivity index (χ4v) is 5.50. The molecule has 2 aliphatic rings. The minimum absolute atomic E-state index is 0.109. The zero-order valence-electron chi connectivity index (χ0n) is 13.6. The number of rotatable bonds is 4. The first-order valence-electron chi connectivity index (χ1n) is 8.48. The van der Waals surface area contributed by atoms with E-state index in [9.17, 15) is 13.2 Å². The first-order valence-corrected chi connectivity index (χ1v) is 9.96. The Morgan fingerprint density at radius 2 is 1.65 bits per heavy atom. The smallest absolute Gasteiger partial charge is 0.328 e. The summed E-state index contributed by atoms with van der Waals surface area (Å²) in [5.74, 6) is -0.531. The summed E-state index contributed by atoms with van der Waals surface area (Å²) in [5.41, 5.74) is 0.997. The molecule has 126 valence electrons. The number of carbonyl (C=O) groups excluding carboxylic acids is 1.